The highest BCUT2D eigenvalue weighted by atomic mass is 16.5. The minimum atomic E-state index is -0.0699. The van der Waals surface area contributed by atoms with E-state index in [0.29, 0.717) is 18.2 Å². The summed E-state index contributed by atoms with van der Waals surface area (Å²) in [7, 11) is 0. The molecule has 0 spiro atoms. The number of oxime groups is 1. The zero-order valence-corrected chi connectivity index (χ0v) is 7.84. The monoisotopic (exact) mass is 196 g/mol. The number of nitrogens with zero attached hydrogens (tertiary/aromatic N) is 3. The molecule has 1 aromatic heterocycles. The Hall–Kier alpha value is -1.85. The molecule has 0 amide bonds. The van der Waals surface area contributed by atoms with E-state index >= 15 is 0 Å². The van der Waals surface area contributed by atoms with Crippen LogP contribution in [0.1, 0.15) is 19.0 Å². The average Bonchev–Trinajstić information content (AvgIpc) is 2.26. The molecule has 1 aromatic rings. The topological polar surface area (TPSA) is 93.6 Å². The van der Waals surface area contributed by atoms with Crippen LogP contribution in [0.3, 0.4) is 0 Å². The van der Waals surface area contributed by atoms with Gasteiger partial charge in [0.2, 0.25) is 5.88 Å². The van der Waals surface area contributed by atoms with Gasteiger partial charge in [0.25, 0.3) is 0 Å². The highest BCUT2D eigenvalue weighted by molar-refractivity contribution is 5.94. The first-order valence-corrected chi connectivity index (χ1v) is 4.20. The van der Waals surface area contributed by atoms with Crippen LogP contribution in [0, 0.1) is 0 Å². The van der Waals surface area contributed by atoms with Crippen molar-refractivity contribution in [2.24, 2.45) is 10.9 Å². The Labute approximate surface area is 81.4 Å². The molecule has 0 atom stereocenters. The summed E-state index contributed by atoms with van der Waals surface area (Å²) in [6, 6.07) is 0. The van der Waals surface area contributed by atoms with E-state index in [-0.39, 0.29) is 5.84 Å². The van der Waals surface area contributed by atoms with Gasteiger partial charge in [0.1, 0.15) is 5.69 Å². The molecule has 0 aliphatic carbocycles. The normalized spacial score (nSPS) is 11.4. The summed E-state index contributed by atoms with van der Waals surface area (Å²) in [6.07, 6.45) is 3.73. The first kappa shape index (κ1) is 10.2. The summed E-state index contributed by atoms with van der Waals surface area (Å²) in [5, 5.41) is 11.2. The van der Waals surface area contributed by atoms with Crippen LogP contribution in [-0.2, 0) is 0 Å². The summed E-state index contributed by atoms with van der Waals surface area (Å²) in [5.41, 5.74) is 5.62. The molecule has 0 fully saturated rings. The van der Waals surface area contributed by atoms with Crippen LogP contribution in [0.25, 0.3) is 0 Å². The van der Waals surface area contributed by atoms with Crippen molar-refractivity contribution in [2.75, 3.05) is 6.61 Å². The fourth-order valence-electron chi connectivity index (χ4n) is 0.781. The Morgan fingerprint density at radius 1 is 1.57 bits per heavy atom. The van der Waals surface area contributed by atoms with Gasteiger partial charge in [-0.3, -0.25) is 0 Å². The highest BCUT2D eigenvalue weighted by Gasteiger charge is 2.01. The van der Waals surface area contributed by atoms with Crippen molar-refractivity contribution in [3.63, 3.8) is 0 Å². The van der Waals surface area contributed by atoms with Crippen molar-refractivity contribution >= 4 is 5.84 Å². The number of rotatable bonds is 4. The average molecular weight is 196 g/mol. The molecule has 0 unspecified atom stereocenters. The van der Waals surface area contributed by atoms with Gasteiger partial charge in [-0.2, -0.15) is 0 Å². The third-order valence-electron chi connectivity index (χ3n) is 1.45. The molecule has 1 rings (SSSR count). The molecule has 6 heteroatoms. The Morgan fingerprint density at radius 3 is 2.86 bits per heavy atom. The maximum atomic E-state index is 8.36. The Kier molecular flexibility index (Phi) is 3.66. The van der Waals surface area contributed by atoms with Gasteiger partial charge in [-0.05, 0) is 6.42 Å². The quantitative estimate of drug-likeness (QED) is 0.314. The van der Waals surface area contributed by atoms with Gasteiger partial charge in [-0.1, -0.05) is 12.1 Å². The van der Waals surface area contributed by atoms with Crippen LogP contribution in [0.5, 0.6) is 5.88 Å². The summed E-state index contributed by atoms with van der Waals surface area (Å²) >= 11 is 0. The molecule has 3 N–H and O–H groups in total. The van der Waals surface area contributed by atoms with Crippen molar-refractivity contribution in [3.05, 3.63) is 18.1 Å². The zero-order chi connectivity index (χ0) is 10.4. The van der Waals surface area contributed by atoms with E-state index in [0.717, 1.165) is 6.42 Å². The summed E-state index contributed by atoms with van der Waals surface area (Å²) in [4.78, 5) is 7.83. The summed E-state index contributed by atoms with van der Waals surface area (Å²) in [5.74, 6) is 0.362. The number of hydrogen-bond acceptors (Lipinski definition) is 5. The lowest BCUT2D eigenvalue weighted by molar-refractivity contribution is 0.303. The summed E-state index contributed by atoms with van der Waals surface area (Å²) in [6.45, 7) is 2.59. The molecule has 0 aliphatic heterocycles. The predicted molar refractivity (Wildman–Crippen MR) is 50.3 cm³/mol. The van der Waals surface area contributed by atoms with Gasteiger partial charge in [0.15, 0.2) is 5.84 Å². The van der Waals surface area contributed by atoms with Crippen molar-refractivity contribution in [1.29, 1.82) is 0 Å². The van der Waals surface area contributed by atoms with E-state index in [1.54, 1.807) is 0 Å². The number of amidine groups is 1. The predicted octanol–water partition coefficient (Wildman–Crippen LogP) is 0.360. The molecular weight excluding hydrogens is 184 g/mol. The van der Waals surface area contributed by atoms with E-state index in [2.05, 4.69) is 15.1 Å². The second kappa shape index (κ2) is 5.00. The Balaban J connectivity index is 2.68. The van der Waals surface area contributed by atoms with Crippen LogP contribution < -0.4 is 10.5 Å². The number of ether oxygens (including phenoxy) is 1. The van der Waals surface area contributed by atoms with E-state index in [4.69, 9.17) is 15.7 Å². The molecule has 0 aromatic carbocycles. The smallest absolute Gasteiger partial charge is 0.232 e. The molecule has 0 saturated heterocycles. The van der Waals surface area contributed by atoms with Crippen molar-refractivity contribution in [3.8, 4) is 5.88 Å². The second-order valence-electron chi connectivity index (χ2n) is 2.57. The van der Waals surface area contributed by atoms with Gasteiger partial charge in [0, 0.05) is 0 Å². The number of hydrogen-bond donors (Lipinski definition) is 2. The van der Waals surface area contributed by atoms with Gasteiger partial charge in [-0.25, -0.2) is 9.97 Å². The van der Waals surface area contributed by atoms with E-state index in [9.17, 15) is 0 Å². The number of nitrogens with two attached hydrogens (primary N) is 1. The molecule has 1 heterocycles. The molecule has 76 valence electrons. The van der Waals surface area contributed by atoms with Gasteiger partial charge < -0.3 is 15.7 Å². The van der Waals surface area contributed by atoms with Gasteiger partial charge in [-0.15, -0.1) is 0 Å². The van der Waals surface area contributed by atoms with E-state index in [1.807, 2.05) is 6.92 Å². The Bertz CT molecular complexity index is 310. The van der Waals surface area contributed by atoms with Crippen LogP contribution in [0.4, 0.5) is 0 Å². The molecule has 0 bridgehead atoms. The van der Waals surface area contributed by atoms with Crippen molar-refractivity contribution in [2.45, 2.75) is 13.3 Å². The standard InChI is InChI=1S/C8H12N4O2/c1-2-3-14-7-5-10-6(4-11-7)8(9)12-13/h4-5,13H,2-3H2,1H3,(H2,9,12). The van der Waals surface area contributed by atoms with Crippen LogP contribution >= 0.6 is 0 Å². The lowest BCUT2D eigenvalue weighted by Crippen LogP contribution is -2.15. The van der Waals surface area contributed by atoms with Crippen LogP contribution in [0.15, 0.2) is 17.5 Å². The van der Waals surface area contributed by atoms with Crippen LogP contribution in [0.2, 0.25) is 0 Å². The van der Waals surface area contributed by atoms with E-state index in [1.165, 1.54) is 12.4 Å². The maximum Gasteiger partial charge on any atom is 0.232 e. The Morgan fingerprint density at radius 2 is 2.36 bits per heavy atom. The third-order valence-corrected chi connectivity index (χ3v) is 1.45. The minimum absolute atomic E-state index is 0.0699. The lowest BCUT2D eigenvalue weighted by Gasteiger charge is -2.02. The first-order chi connectivity index (χ1) is 6.77. The fraction of sp³-hybridized carbons (Fsp3) is 0.375. The SMILES string of the molecule is CCCOc1cnc(C(N)=NO)cn1. The molecule has 0 radical (unpaired) electrons. The molecule has 14 heavy (non-hydrogen) atoms. The van der Waals surface area contributed by atoms with Gasteiger partial charge in [0.05, 0.1) is 19.0 Å². The van der Waals surface area contributed by atoms with Gasteiger partial charge >= 0.3 is 0 Å². The molecule has 0 aliphatic rings. The fourth-order valence-corrected chi connectivity index (χ4v) is 0.781. The third kappa shape index (κ3) is 2.58. The largest absolute Gasteiger partial charge is 0.477 e. The first-order valence-electron chi connectivity index (χ1n) is 4.20. The second-order valence-corrected chi connectivity index (χ2v) is 2.57. The molecule has 0 saturated carbocycles. The maximum absolute atomic E-state index is 8.36. The zero-order valence-electron chi connectivity index (χ0n) is 7.84. The summed E-state index contributed by atoms with van der Waals surface area (Å²) < 4.78 is 5.21. The van der Waals surface area contributed by atoms with Crippen molar-refractivity contribution < 1.29 is 9.94 Å². The number of aromatic nitrogens is 2. The molecule has 6 nitrogen and oxygen atoms in total. The highest BCUT2D eigenvalue weighted by Crippen LogP contribution is 2.03. The van der Waals surface area contributed by atoms with E-state index < -0.39 is 0 Å². The van der Waals surface area contributed by atoms with Crippen molar-refractivity contribution in [1.82, 2.24) is 9.97 Å². The molecular formula is C8H12N4O2. The minimum Gasteiger partial charge on any atom is -0.477 e. The van der Waals surface area contributed by atoms with Crippen LogP contribution in [-0.4, -0.2) is 27.6 Å². The lowest BCUT2D eigenvalue weighted by atomic mass is 10.4.